The van der Waals surface area contributed by atoms with Crippen LogP contribution in [0, 0.1) is 12.7 Å². The van der Waals surface area contributed by atoms with Crippen LogP contribution in [0.4, 0.5) is 18.9 Å². The van der Waals surface area contributed by atoms with Crippen LogP contribution >= 0.6 is 11.3 Å². The molecular weight excluding hydrogens is 399 g/mol. The summed E-state index contributed by atoms with van der Waals surface area (Å²) >= 11 is 1.56. The number of anilines is 1. The normalized spacial score (nSPS) is 13.7. The molecule has 29 heavy (non-hydrogen) atoms. The molecule has 2 heterocycles. The highest BCUT2D eigenvalue weighted by Gasteiger charge is 2.28. The maximum absolute atomic E-state index is 13.6. The van der Waals surface area contributed by atoms with Gasteiger partial charge in [-0.3, -0.25) is 9.99 Å². The van der Waals surface area contributed by atoms with Gasteiger partial charge in [0.25, 0.3) is 6.43 Å². The molecule has 0 atom stereocenters. The van der Waals surface area contributed by atoms with Crippen LogP contribution in [0.15, 0.2) is 35.6 Å². The molecule has 1 saturated carbocycles. The molecule has 3 aromatic rings. The zero-order chi connectivity index (χ0) is 20.5. The number of aromatic nitrogens is 3. The van der Waals surface area contributed by atoms with Crippen molar-refractivity contribution in [3.8, 4) is 11.1 Å². The summed E-state index contributed by atoms with van der Waals surface area (Å²) in [6.45, 7) is 5.84. The van der Waals surface area contributed by atoms with E-state index in [9.17, 15) is 13.2 Å². The summed E-state index contributed by atoms with van der Waals surface area (Å²) in [5.74, 6) is -0.401. The van der Waals surface area contributed by atoms with E-state index in [4.69, 9.17) is 0 Å². The average Bonchev–Trinajstić information content (AvgIpc) is 3.46. The zero-order valence-corrected chi connectivity index (χ0v) is 16.5. The third kappa shape index (κ3) is 4.14. The molecule has 1 aromatic carbocycles. The summed E-state index contributed by atoms with van der Waals surface area (Å²) in [6.07, 6.45) is 0.985. The van der Waals surface area contributed by atoms with Gasteiger partial charge < -0.3 is 0 Å². The molecule has 1 aliphatic rings. The lowest BCUT2D eigenvalue weighted by molar-refractivity contribution is 0.146. The molecule has 0 N–H and O–H groups in total. The van der Waals surface area contributed by atoms with Crippen LogP contribution in [0.5, 0.6) is 0 Å². The summed E-state index contributed by atoms with van der Waals surface area (Å²) in [5, 5.41) is 16.1. The first-order valence-corrected chi connectivity index (χ1v) is 9.89. The fourth-order valence-corrected chi connectivity index (χ4v) is 3.99. The monoisotopic (exact) mass is 417 g/mol. The van der Waals surface area contributed by atoms with E-state index in [1.807, 2.05) is 6.92 Å². The van der Waals surface area contributed by atoms with Gasteiger partial charge in [0, 0.05) is 24.4 Å². The van der Waals surface area contributed by atoms with Gasteiger partial charge in [-0.1, -0.05) is 17.4 Å². The number of aryl methyl sites for hydroxylation is 1. The van der Waals surface area contributed by atoms with Crippen molar-refractivity contribution in [3.63, 3.8) is 0 Å². The van der Waals surface area contributed by atoms with E-state index in [0.29, 0.717) is 35.0 Å². The van der Waals surface area contributed by atoms with Crippen LogP contribution in [0.3, 0.4) is 0 Å². The smallest absolute Gasteiger partial charge is 0.259 e. The number of hydrogen-bond donors (Lipinski definition) is 0. The third-order valence-electron chi connectivity index (χ3n) is 4.77. The Morgan fingerprint density at radius 2 is 2.03 bits per heavy atom. The molecule has 150 valence electrons. The second-order valence-corrected chi connectivity index (χ2v) is 7.97. The van der Waals surface area contributed by atoms with E-state index in [1.54, 1.807) is 28.6 Å². The summed E-state index contributed by atoms with van der Waals surface area (Å²) < 4.78 is 39.7. The Hall–Kier alpha value is -2.81. The molecule has 4 rings (SSSR count). The van der Waals surface area contributed by atoms with Crippen molar-refractivity contribution in [2.75, 3.05) is 5.01 Å². The lowest BCUT2D eigenvalue weighted by atomic mass is 10.0. The number of alkyl halides is 2. The molecule has 0 aliphatic heterocycles. The molecular formula is C20H18F3N5S. The minimum atomic E-state index is -2.89. The quantitative estimate of drug-likeness (QED) is 0.377. The van der Waals surface area contributed by atoms with Crippen LogP contribution in [0.25, 0.3) is 11.1 Å². The summed E-state index contributed by atoms with van der Waals surface area (Å²) in [6, 6.07) is 5.42. The van der Waals surface area contributed by atoms with Gasteiger partial charge in [-0.25, -0.2) is 13.2 Å². The van der Waals surface area contributed by atoms with E-state index >= 15 is 0 Å². The molecule has 0 radical (unpaired) electrons. The standard InChI is InChI=1S/C20H18F3N5S/c1-11-17(28(24-2)10-18-26-27-20(29-18)12-3-4-12)8-14(9-25-11)13-5-6-16(21)15(7-13)19(22)23/h5-9,12,19H,2-4,10H2,1H3. The molecule has 0 bridgehead atoms. The van der Waals surface area contributed by atoms with E-state index in [0.717, 1.165) is 35.0 Å². The number of benzene rings is 1. The SMILES string of the molecule is C=NN(Cc1nnc(C2CC2)s1)c1cc(-c2ccc(F)c(C(F)F)c2)cnc1C. The van der Waals surface area contributed by atoms with E-state index in [-0.39, 0.29) is 0 Å². The van der Waals surface area contributed by atoms with Gasteiger partial charge in [0.05, 0.1) is 23.5 Å². The van der Waals surface area contributed by atoms with Crippen molar-refractivity contribution < 1.29 is 13.2 Å². The Kier molecular flexibility index (Phi) is 5.31. The first kappa shape index (κ1) is 19.5. The Morgan fingerprint density at radius 1 is 1.24 bits per heavy atom. The molecule has 2 aromatic heterocycles. The fraction of sp³-hybridized carbons (Fsp3) is 0.300. The van der Waals surface area contributed by atoms with Gasteiger partial charge in [-0.15, -0.1) is 10.2 Å². The van der Waals surface area contributed by atoms with E-state index < -0.39 is 17.8 Å². The minimum absolute atomic E-state index is 0.381. The van der Waals surface area contributed by atoms with Crippen LogP contribution in [-0.4, -0.2) is 21.9 Å². The van der Waals surface area contributed by atoms with Crippen LogP contribution in [0.1, 0.15) is 46.5 Å². The Morgan fingerprint density at radius 3 is 2.72 bits per heavy atom. The molecule has 0 amide bonds. The Bertz CT molecular complexity index is 1050. The van der Waals surface area contributed by atoms with Gasteiger partial charge in [-0.05, 0) is 43.5 Å². The number of hydrazone groups is 1. The van der Waals surface area contributed by atoms with E-state index in [2.05, 4.69) is 27.0 Å². The molecule has 0 unspecified atom stereocenters. The van der Waals surface area contributed by atoms with Crippen molar-refractivity contribution in [3.05, 3.63) is 57.6 Å². The molecule has 9 heteroatoms. The molecule has 5 nitrogen and oxygen atoms in total. The maximum Gasteiger partial charge on any atom is 0.266 e. The van der Waals surface area contributed by atoms with Gasteiger partial charge >= 0.3 is 0 Å². The van der Waals surface area contributed by atoms with E-state index in [1.165, 1.54) is 6.07 Å². The predicted molar refractivity (Wildman–Crippen MR) is 107 cm³/mol. The van der Waals surface area contributed by atoms with Crippen molar-refractivity contribution >= 4 is 23.7 Å². The first-order chi connectivity index (χ1) is 14.0. The minimum Gasteiger partial charge on any atom is -0.259 e. The number of pyridine rings is 1. The van der Waals surface area contributed by atoms with Crippen molar-refractivity contribution in [1.82, 2.24) is 15.2 Å². The third-order valence-corrected chi connectivity index (χ3v) is 5.84. The average molecular weight is 417 g/mol. The second kappa shape index (κ2) is 7.90. The second-order valence-electron chi connectivity index (χ2n) is 6.87. The van der Waals surface area contributed by atoms with Gasteiger partial charge in [0.1, 0.15) is 15.8 Å². The Labute approximate surface area is 169 Å². The largest absolute Gasteiger partial charge is 0.266 e. The van der Waals surface area contributed by atoms with Gasteiger partial charge in [0.15, 0.2) is 0 Å². The molecule has 0 spiro atoms. The highest BCUT2D eigenvalue weighted by Crippen LogP contribution is 2.41. The molecule has 0 saturated heterocycles. The maximum atomic E-state index is 13.6. The topological polar surface area (TPSA) is 54.3 Å². The van der Waals surface area contributed by atoms with Crippen molar-refractivity contribution in [1.29, 1.82) is 0 Å². The van der Waals surface area contributed by atoms with Crippen LogP contribution in [0.2, 0.25) is 0 Å². The summed E-state index contributed by atoms with van der Waals surface area (Å²) in [7, 11) is 0. The summed E-state index contributed by atoms with van der Waals surface area (Å²) in [5.41, 5.74) is 1.76. The highest BCUT2D eigenvalue weighted by atomic mass is 32.1. The summed E-state index contributed by atoms with van der Waals surface area (Å²) in [4.78, 5) is 4.36. The molecule has 1 fully saturated rings. The highest BCUT2D eigenvalue weighted by molar-refractivity contribution is 7.11. The first-order valence-electron chi connectivity index (χ1n) is 9.07. The zero-order valence-electron chi connectivity index (χ0n) is 15.6. The van der Waals surface area contributed by atoms with Crippen molar-refractivity contribution in [2.24, 2.45) is 5.10 Å². The number of hydrogen-bond acceptors (Lipinski definition) is 6. The van der Waals surface area contributed by atoms with Crippen LogP contribution in [-0.2, 0) is 6.54 Å². The number of halogens is 3. The predicted octanol–water partition coefficient (Wildman–Crippen LogP) is 5.48. The van der Waals surface area contributed by atoms with Gasteiger partial charge in [0.2, 0.25) is 0 Å². The molecule has 1 aliphatic carbocycles. The van der Waals surface area contributed by atoms with Gasteiger partial charge in [-0.2, -0.15) is 5.10 Å². The lowest BCUT2D eigenvalue weighted by Crippen LogP contribution is -2.16. The number of nitrogens with zero attached hydrogens (tertiary/aromatic N) is 5. The van der Waals surface area contributed by atoms with Crippen LogP contribution < -0.4 is 5.01 Å². The Balaban J connectivity index is 1.64. The lowest BCUT2D eigenvalue weighted by Gasteiger charge is -2.19. The number of rotatable bonds is 7. The fourth-order valence-electron chi connectivity index (χ4n) is 3.00. The van der Waals surface area contributed by atoms with Crippen molar-refractivity contribution in [2.45, 2.75) is 38.7 Å².